The fourth-order valence-electron chi connectivity index (χ4n) is 2.52. The maximum atomic E-state index is 11.8. The Morgan fingerprint density at radius 1 is 1.33 bits per heavy atom. The number of urea groups is 1. The van der Waals surface area contributed by atoms with Crippen molar-refractivity contribution in [1.29, 1.82) is 0 Å². The lowest BCUT2D eigenvalue weighted by Crippen LogP contribution is -2.27. The van der Waals surface area contributed by atoms with E-state index in [0.29, 0.717) is 17.6 Å². The molecule has 0 unspecified atom stereocenters. The average molecular weight is 306 g/mol. The number of anilines is 1. The van der Waals surface area contributed by atoms with Gasteiger partial charge in [0, 0.05) is 18.0 Å². The highest BCUT2D eigenvalue weighted by Crippen LogP contribution is 2.35. The van der Waals surface area contributed by atoms with Gasteiger partial charge in [0.15, 0.2) is 0 Å². The molecule has 0 aromatic carbocycles. The third-order valence-corrected chi connectivity index (χ3v) is 4.65. The molecule has 0 bridgehead atoms. The Balaban J connectivity index is 1.50. The molecule has 2 amide bonds. The second-order valence-electron chi connectivity index (χ2n) is 5.22. The van der Waals surface area contributed by atoms with E-state index in [1.807, 2.05) is 6.07 Å². The Hall–Kier alpha value is -1.89. The van der Waals surface area contributed by atoms with Gasteiger partial charge in [-0.15, -0.1) is 10.2 Å². The monoisotopic (exact) mass is 306 g/mol. The average Bonchev–Trinajstić information content (AvgIpc) is 3.17. The second-order valence-corrected chi connectivity index (χ2v) is 6.23. The smallest absolute Gasteiger partial charge is 0.321 e. The predicted octanol–water partition coefficient (Wildman–Crippen LogP) is 3.50. The van der Waals surface area contributed by atoms with E-state index in [1.165, 1.54) is 43.4 Å². The predicted molar refractivity (Wildman–Crippen MR) is 80.3 cm³/mol. The van der Waals surface area contributed by atoms with Crippen molar-refractivity contribution in [3.05, 3.63) is 29.2 Å². The van der Waals surface area contributed by atoms with Crippen LogP contribution in [0.15, 0.2) is 23.0 Å². The summed E-state index contributed by atoms with van der Waals surface area (Å²) in [7, 11) is 0. The Bertz CT molecular complexity index is 576. The quantitative estimate of drug-likeness (QED) is 0.906. The number of amides is 2. The standard InChI is InChI=1S/C14H18N4O2S/c19-13(15-8-10-6-7-20-9-10)16-14-18-17-12(21-14)11-4-2-1-3-5-11/h6-7,9,11H,1-5,8H2,(H2,15,16,18,19). The first kappa shape index (κ1) is 14.1. The van der Waals surface area contributed by atoms with Crippen molar-refractivity contribution >= 4 is 22.5 Å². The van der Waals surface area contributed by atoms with E-state index in [-0.39, 0.29) is 6.03 Å². The van der Waals surface area contributed by atoms with Crippen molar-refractivity contribution in [2.45, 2.75) is 44.6 Å². The molecular weight excluding hydrogens is 288 g/mol. The fraction of sp³-hybridized carbons (Fsp3) is 0.500. The molecule has 0 radical (unpaired) electrons. The summed E-state index contributed by atoms with van der Waals surface area (Å²) in [6, 6.07) is 1.54. The minimum absolute atomic E-state index is 0.275. The Morgan fingerprint density at radius 2 is 2.19 bits per heavy atom. The van der Waals surface area contributed by atoms with Crippen molar-refractivity contribution in [2.24, 2.45) is 0 Å². The van der Waals surface area contributed by atoms with Gasteiger partial charge in [0.25, 0.3) is 0 Å². The molecule has 1 aliphatic carbocycles. The lowest BCUT2D eigenvalue weighted by Gasteiger charge is -2.18. The zero-order valence-corrected chi connectivity index (χ0v) is 12.5. The molecule has 1 saturated carbocycles. The molecule has 112 valence electrons. The number of rotatable bonds is 4. The summed E-state index contributed by atoms with van der Waals surface area (Å²) in [6.07, 6.45) is 9.39. The van der Waals surface area contributed by atoms with E-state index in [2.05, 4.69) is 20.8 Å². The van der Waals surface area contributed by atoms with Gasteiger partial charge in [0.05, 0.1) is 12.5 Å². The first-order valence-corrected chi connectivity index (χ1v) is 8.02. The molecule has 2 aromatic heterocycles. The van der Waals surface area contributed by atoms with Gasteiger partial charge in [-0.3, -0.25) is 5.32 Å². The molecule has 0 atom stereocenters. The van der Waals surface area contributed by atoms with Crippen LogP contribution in [0.3, 0.4) is 0 Å². The van der Waals surface area contributed by atoms with Gasteiger partial charge in [0.1, 0.15) is 5.01 Å². The highest BCUT2D eigenvalue weighted by Gasteiger charge is 2.20. The van der Waals surface area contributed by atoms with Gasteiger partial charge in [0.2, 0.25) is 5.13 Å². The number of furan rings is 1. The first-order valence-electron chi connectivity index (χ1n) is 7.20. The molecule has 0 saturated heterocycles. The zero-order chi connectivity index (χ0) is 14.5. The molecule has 2 N–H and O–H groups in total. The van der Waals surface area contributed by atoms with Gasteiger partial charge >= 0.3 is 6.03 Å². The van der Waals surface area contributed by atoms with Crippen molar-refractivity contribution < 1.29 is 9.21 Å². The van der Waals surface area contributed by atoms with Crippen molar-refractivity contribution in [3.63, 3.8) is 0 Å². The van der Waals surface area contributed by atoms with Crippen LogP contribution in [-0.4, -0.2) is 16.2 Å². The van der Waals surface area contributed by atoms with E-state index >= 15 is 0 Å². The summed E-state index contributed by atoms with van der Waals surface area (Å²) in [5.41, 5.74) is 0.922. The molecule has 2 aromatic rings. The normalized spacial score (nSPS) is 15.8. The van der Waals surface area contributed by atoms with E-state index in [4.69, 9.17) is 4.42 Å². The Morgan fingerprint density at radius 3 is 2.95 bits per heavy atom. The van der Waals surface area contributed by atoms with Crippen molar-refractivity contribution in [3.8, 4) is 0 Å². The van der Waals surface area contributed by atoms with Crippen LogP contribution in [0.1, 0.15) is 48.6 Å². The third-order valence-electron chi connectivity index (χ3n) is 3.65. The highest BCUT2D eigenvalue weighted by molar-refractivity contribution is 7.15. The van der Waals surface area contributed by atoms with Crippen molar-refractivity contribution in [1.82, 2.24) is 15.5 Å². The number of carbonyl (C=O) groups is 1. The summed E-state index contributed by atoms with van der Waals surface area (Å²) < 4.78 is 4.94. The van der Waals surface area contributed by atoms with Gasteiger partial charge in [-0.1, -0.05) is 30.6 Å². The summed E-state index contributed by atoms with van der Waals surface area (Å²) in [5, 5.41) is 15.3. The molecular formula is C14H18N4O2S. The molecule has 0 aliphatic heterocycles. The van der Waals surface area contributed by atoms with Crippen molar-refractivity contribution in [2.75, 3.05) is 5.32 Å². The Labute approximate surface area is 127 Å². The highest BCUT2D eigenvalue weighted by atomic mass is 32.1. The van der Waals surface area contributed by atoms with Gasteiger partial charge in [-0.25, -0.2) is 4.79 Å². The lowest BCUT2D eigenvalue weighted by molar-refractivity contribution is 0.251. The van der Waals surface area contributed by atoms with Crippen LogP contribution in [0.2, 0.25) is 0 Å². The molecule has 7 heteroatoms. The SMILES string of the molecule is O=C(NCc1ccoc1)Nc1nnc(C2CCCCC2)s1. The van der Waals surface area contributed by atoms with Gasteiger partial charge in [-0.05, 0) is 18.9 Å². The summed E-state index contributed by atoms with van der Waals surface area (Å²) >= 11 is 1.48. The molecule has 1 fully saturated rings. The topological polar surface area (TPSA) is 80.0 Å². The van der Waals surface area contributed by atoms with E-state index in [1.54, 1.807) is 12.5 Å². The second kappa shape index (κ2) is 6.71. The van der Waals surface area contributed by atoms with E-state index in [9.17, 15) is 4.79 Å². The molecule has 2 heterocycles. The van der Waals surface area contributed by atoms with Crippen LogP contribution in [0.25, 0.3) is 0 Å². The largest absolute Gasteiger partial charge is 0.472 e. The molecule has 3 rings (SSSR count). The summed E-state index contributed by atoms with van der Waals surface area (Å²) in [4.78, 5) is 11.8. The number of nitrogens with zero attached hydrogens (tertiary/aromatic N) is 2. The number of hydrogen-bond acceptors (Lipinski definition) is 5. The van der Waals surface area contributed by atoms with Crippen LogP contribution in [0, 0.1) is 0 Å². The van der Waals surface area contributed by atoms with Crippen LogP contribution < -0.4 is 10.6 Å². The maximum absolute atomic E-state index is 11.8. The van der Waals surface area contributed by atoms with Gasteiger partial charge < -0.3 is 9.73 Å². The molecule has 1 aliphatic rings. The van der Waals surface area contributed by atoms with Crippen LogP contribution in [-0.2, 0) is 6.54 Å². The number of hydrogen-bond donors (Lipinski definition) is 2. The third kappa shape index (κ3) is 3.81. The first-order chi connectivity index (χ1) is 10.3. The number of nitrogens with one attached hydrogen (secondary N) is 2. The van der Waals surface area contributed by atoms with E-state index < -0.39 is 0 Å². The zero-order valence-electron chi connectivity index (χ0n) is 11.7. The minimum atomic E-state index is -0.275. The summed E-state index contributed by atoms with van der Waals surface area (Å²) in [6.45, 7) is 0.427. The van der Waals surface area contributed by atoms with Gasteiger partial charge in [-0.2, -0.15) is 0 Å². The fourth-order valence-corrected chi connectivity index (χ4v) is 3.42. The van der Waals surface area contributed by atoms with E-state index in [0.717, 1.165) is 10.6 Å². The number of aromatic nitrogens is 2. The molecule has 6 nitrogen and oxygen atoms in total. The van der Waals surface area contributed by atoms with Crippen LogP contribution >= 0.6 is 11.3 Å². The summed E-state index contributed by atoms with van der Waals surface area (Å²) in [5.74, 6) is 0.515. The molecule has 21 heavy (non-hydrogen) atoms. The lowest BCUT2D eigenvalue weighted by atomic mass is 9.90. The van der Waals surface area contributed by atoms with Crippen LogP contribution in [0.5, 0.6) is 0 Å². The van der Waals surface area contributed by atoms with Crippen LogP contribution in [0.4, 0.5) is 9.93 Å². The Kier molecular flexibility index (Phi) is 4.49. The number of carbonyl (C=O) groups excluding carboxylic acids is 1. The maximum Gasteiger partial charge on any atom is 0.321 e. The minimum Gasteiger partial charge on any atom is -0.472 e. The molecule has 0 spiro atoms.